The summed E-state index contributed by atoms with van der Waals surface area (Å²) in [5.41, 5.74) is 2.41. The van der Waals surface area contributed by atoms with Gasteiger partial charge in [-0.3, -0.25) is 0 Å². The van der Waals surface area contributed by atoms with E-state index >= 15 is 0 Å². The van der Waals surface area contributed by atoms with Crippen molar-refractivity contribution in [2.75, 3.05) is 0 Å². The van der Waals surface area contributed by atoms with Crippen molar-refractivity contribution in [2.45, 2.75) is 13.5 Å². The van der Waals surface area contributed by atoms with Crippen molar-refractivity contribution in [3.05, 3.63) is 65.3 Å². The molecule has 114 valence electrons. The molecule has 0 N–H and O–H groups in total. The molecular formula is C17H10I2N2O2. The largest absolute Gasteiger partial charge is 0.457 e. The van der Waals surface area contributed by atoms with Crippen LogP contribution in [0.2, 0.25) is 0 Å². The van der Waals surface area contributed by atoms with Crippen LogP contribution in [0.25, 0.3) is 0 Å². The molecule has 0 aliphatic carbocycles. The normalized spacial score (nSPS) is 9.78. The predicted molar refractivity (Wildman–Crippen MR) is 102 cm³/mol. The van der Waals surface area contributed by atoms with Crippen molar-refractivity contribution in [3.8, 4) is 12.1 Å². The van der Waals surface area contributed by atoms with Gasteiger partial charge in [-0.05, 0) is 63.2 Å². The number of benzene rings is 2. The van der Waals surface area contributed by atoms with Gasteiger partial charge in [-0.15, -0.1) is 0 Å². The molecule has 0 saturated heterocycles. The number of ether oxygens (including phenoxy) is 1. The molecule has 4 nitrogen and oxygen atoms in total. The van der Waals surface area contributed by atoms with Crippen molar-refractivity contribution in [3.63, 3.8) is 0 Å². The molecule has 0 heterocycles. The van der Waals surface area contributed by atoms with Crippen LogP contribution in [-0.2, 0) is 11.3 Å². The summed E-state index contributed by atoms with van der Waals surface area (Å²) in [5.74, 6) is -0.491. The number of halogens is 2. The molecule has 0 fully saturated rings. The maximum absolute atomic E-state index is 12.5. The van der Waals surface area contributed by atoms with Gasteiger partial charge in [0.2, 0.25) is 0 Å². The fourth-order valence-corrected chi connectivity index (χ4v) is 3.73. The molecule has 6 heteroatoms. The Morgan fingerprint density at radius 3 is 2.22 bits per heavy atom. The van der Waals surface area contributed by atoms with E-state index in [0.29, 0.717) is 23.8 Å². The monoisotopic (exact) mass is 528 g/mol. The van der Waals surface area contributed by atoms with Gasteiger partial charge in [-0.25, -0.2) is 4.79 Å². The number of esters is 1. The van der Waals surface area contributed by atoms with Crippen LogP contribution in [0.15, 0.2) is 30.3 Å². The third-order valence-electron chi connectivity index (χ3n) is 3.25. The Morgan fingerprint density at radius 2 is 1.65 bits per heavy atom. The van der Waals surface area contributed by atoms with Crippen LogP contribution in [0.4, 0.5) is 0 Å². The smallest absolute Gasteiger partial charge is 0.339 e. The second kappa shape index (κ2) is 7.75. The van der Waals surface area contributed by atoms with Gasteiger partial charge in [-0.1, -0.05) is 30.3 Å². The Hall–Kier alpha value is -1.65. The Labute approximate surface area is 161 Å². The first-order valence-corrected chi connectivity index (χ1v) is 8.69. The van der Waals surface area contributed by atoms with Crippen LogP contribution < -0.4 is 0 Å². The van der Waals surface area contributed by atoms with Crippen molar-refractivity contribution < 1.29 is 9.53 Å². The molecule has 0 unspecified atom stereocenters. The average Bonchev–Trinajstić information content (AvgIpc) is 2.57. The fraction of sp³-hybridized carbons (Fsp3) is 0.118. The highest BCUT2D eigenvalue weighted by molar-refractivity contribution is 14.1. The first-order valence-electron chi connectivity index (χ1n) is 6.54. The summed E-state index contributed by atoms with van der Waals surface area (Å²) in [5, 5.41) is 18.5. The van der Waals surface area contributed by atoms with E-state index in [9.17, 15) is 15.3 Å². The first kappa shape index (κ1) is 17.7. The first-order chi connectivity index (χ1) is 11.0. The number of hydrogen-bond acceptors (Lipinski definition) is 4. The van der Waals surface area contributed by atoms with E-state index in [1.165, 1.54) is 0 Å². The van der Waals surface area contributed by atoms with Crippen LogP contribution in [0.5, 0.6) is 0 Å². The van der Waals surface area contributed by atoms with Crippen LogP contribution in [0.1, 0.15) is 32.6 Å². The van der Waals surface area contributed by atoms with Gasteiger partial charge >= 0.3 is 5.97 Å². The second-order valence-corrected chi connectivity index (χ2v) is 6.82. The molecule has 0 atom stereocenters. The van der Waals surface area contributed by atoms with Crippen molar-refractivity contribution in [1.29, 1.82) is 10.5 Å². The number of carbonyl (C=O) groups excluding carboxylic acids is 1. The topological polar surface area (TPSA) is 73.9 Å². The number of nitriles is 2. The van der Waals surface area contributed by atoms with Crippen LogP contribution >= 0.6 is 45.2 Å². The molecule has 23 heavy (non-hydrogen) atoms. The number of rotatable bonds is 3. The molecule has 0 radical (unpaired) electrons. The van der Waals surface area contributed by atoms with Gasteiger partial charge in [0.1, 0.15) is 18.7 Å². The molecule has 2 aromatic rings. The van der Waals surface area contributed by atoms with Crippen molar-refractivity contribution >= 4 is 51.2 Å². The van der Waals surface area contributed by atoms with E-state index in [1.807, 2.05) is 87.7 Å². The standard InChI is InChI=1S/C17H10I2N2O2/c1-10-14(16(19)13(8-21)12(7-20)15(10)18)17(22)23-9-11-5-3-2-4-6-11/h2-6H,9H2,1H3. The maximum atomic E-state index is 12.5. The average molecular weight is 528 g/mol. The lowest BCUT2D eigenvalue weighted by Crippen LogP contribution is -2.13. The Morgan fingerprint density at radius 1 is 1.09 bits per heavy atom. The summed E-state index contributed by atoms with van der Waals surface area (Å²) in [4.78, 5) is 12.5. The lowest BCUT2D eigenvalue weighted by atomic mass is 10.0. The quantitative estimate of drug-likeness (QED) is 0.440. The van der Waals surface area contributed by atoms with E-state index in [2.05, 4.69) is 0 Å². The summed E-state index contributed by atoms with van der Waals surface area (Å²) < 4.78 is 6.43. The van der Waals surface area contributed by atoms with E-state index in [1.54, 1.807) is 6.92 Å². The summed E-state index contributed by atoms with van der Waals surface area (Å²) in [6.07, 6.45) is 0. The highest BCUT2D eigenvalue weighted by atomic mass is 127. The summed E-state index contributed by atoms with van der Waals surface area (Å²) in [7, 11) is 0. The molecule has 0 amide bonds. The van der Waals surface area contributed by atoms with E-state index in [4.69, 9.17) is 4.74 Å². The third kappa shape index (κ3) is 3.65. The summed E-state index contributed by atoms with van der Waals surface area (Å²) >= 11 is 3.91. The molecule has 0 saturated carbocycles. The highest BCUT2D eigenvalue weighted by Crippen LogP contribution is 2.30. The van der Waals surface area contributed by atoms with Crippen LogP contribution in [-0.4, -0.2) is 5.97 Å². The zero-order valence-corrected chi connectivity index (χ0v) is 16.4. The summed E-state index contributed by atoms with van der Waals surface area (Å²) in [6, 6.07) is 13.4. The van der Waals surface area contributed by atoms with Gasteiger partial charge in [0, 0.05) is 7.14 Å². The number of nitrogens with zero attached hydrogens (tertiary/aromatic N) is 2. The molecular weight excluding hydrogens is 518 g/mol. The van der Waals surface area contributed by atoms with Crippen molar-refractivity contribution in [1.82, 2.24) is 0 Å². The zero-order chi connectivity index (χ0) is 17.0. The minimum atomic E-state index is -0.491. The second-order valence-electron chi connectivity index (χ2n) is 4.66. The zero-order valence-electron chi connectivity index (χ0n) is 12.1. The SMILES string of the molecule is Cc1c(I)c(C#N)c(C#N)c(I)c1C(=O)OCc1ccccc1. The van der Waals surface area contributed by atoms with Crippen molar-refractivity contribution in [2.24, 2.45) is 0 Å². The molecule has 0 spiro atoms. The summed E-state index contributed by atoms with van der Waals surface area (Å²) in [6.45, 7) is 1.92. The highest BCUT2D eigenvalue weighted by Gasteiger charge is 2.24. The molecule has 0 bridgehead atoms. The lowest BCUT2D eigenvalue weighted by Gasteiger charge is -2.13. The van der Waals surface area contributed by atoms with Gasteiger partial charge in [-0.2, -0.15) is 10.5 Å². The predicted octanol–water partition coefficient (Wildman–Crippen LogP) is 4.30. The lowest BCUT2D eigenvalue weighted by molar-refractivity contribution is 0.0470. The van der Waals surface area contributed by atoms with Gasteiger partial charge in [0.15, 0.2) is 0 Å². The minimum absolute atomic E-state index is 0.160. The Balaban J connectivity index is 2.40. The van der Waals surface area contributed by atoms with Gasteiger partial charge in [0.25, 0.3) is 0 Å². The molecule has 0 aromatic heterocycles. The minimum Gasteiger partial charge on any atom is -0.457 e. The van der Waals surface area contributed by atoms with E-state index in [-0.39, 0.29) is 12.2 Å². The van der Waals surface area contributed by atoms with Gasteiger partial charge < -0.3 is 4.74 Å². The maximum Gasteiger partial charge on any atom is 0.339 e. The van der Waals surface area contributed by atoms with Crippen LogP contribution in [0.3, 0.4) is 0 Å². The van der Waals surface area contributed by atoms with Gasteiger partial charge in [0.05, 0.1) is 16.7 Å². The molecule has 0 aliphatic heterocycles. The third-order valence-corrected chi connectivity index (χ3v) is 5.68. The molecule has 2 rings (SSSR count). The fourth-order valence-electron chi connectivity index (χ4n) is 2.05. The number of hydrogen-bond donors (Lipinski definition) is 0. The Kier molecular flexibility index (Phi) is 5.97. The van der Waals surface area contributed by atoms with E-state index in [0.717, 1.165) is 5.56 Å². The Bertz CT molecular complexity index is 850. The molecule has 0 aliphatic rings. The molecule has 2 aromatic carbocycles. The number of carbonyl (C=O) groups is 1. The van der Waals surface area contributed by atoms with Crippen LogP contribution in [0, 0.1) is 36.7 Å². The van der Waals surface area contributed by atoms with E-state index < -0.39 is 5.97 Å².